The Bertz CT molecular complexity index is 1530. The van der Waals surface area contributed by atoms with Gasteiger partial charge in [-0.15, -0.1) is 12.4 Å². The van der Waals surface area contributed by atoms with Crippen LogP contribution in [-0.4, -0.2) is 57.7 Å². The fourth-order valence-electron chi connectivity index (χ4n) is 4.96. The number of pyridine rings is 1. The van der Waals surface area contributed by atoms with Gasteiger partial charge in [-0.2, -0.15) is 0 Å². The molecule has 7 nitrogen and oxygen atoms in total. The van der Waals surface area contributed by atoms with Gasteiger partial charge in [0.1, 0.15) is 5.75 Å². The van der Waals surface area contributed by atoms with Crippen LogP contribution in [0.25, 0.3) is 27.5 Å². The van der Waals surface area contributed by atoms with Crippen molar-refractivity contribution in [2.75, 3.05) is 38.2 Å². The summed E-state index contributed by atoms with van der Waals surface area (Å²) in [4.78, 5) is 16.0. The fourth-order valence-corrected chi connectivity index (χ4v) is 4.96. The van der Waals surface area contributed by atoms with Crippen LogP contribution in [0, 0.1) is 0 Å². The Hall–Kier alpha value is -3.78. The third kappa shape index (κ3) is 5.06. The van der Waals surface area contributed by atoms with Crippen LogP contribution in [0.5, 0.6) is 5.75 Å². The SMILES string of the molecule is Cl.O=C(Nc1ccc2c(ccn2CCN2CCOCC2)c1)c1c(-c2ccc(O)cc2)cn2ccccc12. The van der Waals surface area contributed by atoms with Crippen LogP contribution < -0.4 is 5.32 Å². The molecule has 1 saturated heterocycles. The van der Waals surface area contributed by atoms with E-state index < -0.39 is 0 Å². The van der Waals surface area contributed by atoms with Gasteiger partial charge in [-0.05, 0) is 54.1 Å². The standard InChI is InChI=1S/C29H28N4O3.ClH/c34-24-7-4-21(5-8-24)25-20-33-11-2-1-3-27(33)28(25)29(35)30-23-6-9-26-22(19-23)10-12-32(26)14-13-31-15-17-36-18-16-31;/h1-12,19-20,34H,13-18H2,(H,30,35);1H. The Morgan fingerprint density at radius 1 is 0.919 bits per heavy atom. The third-order valence-electron chi connectivity index (χ3n) is 6.88. The number of nitrogens with zero attached hydrogens (tertiary/aromatic N) is 3. The number of aromatic hydroxyl groups is 1. The van der Waals surface area contributed by atoms with E-state index in [-0.39, 0.29) is 24.1 Å². The Balaban J connectivity index is 0.00000280. The quantitative estimate of drug-likeness (QED) is 0.322. The molecule has 190 valence electrons. The molecule has 0 bridgehead atoms. The van der Waals surface area contributed by atoms with Gasteiger partial charge in [-0.3, -0.25) is 9.69 Å². The normalized spacial score (nSPS) is 14.1. The molecular weight excluding hydrogens is 488 g/mol. The molecule has 0 saturated carbocycles. The maximum absolute atomic E-state index is 13.6. The number of rotatable bonds is 6. The summed E-state index contributed by atoms with van der Waals surface area (Å²) in [7, 11) is 0. The molecule has 6 rings (SSSR count). The van der Waals surface area contributed by atoms with Gasteiger partial charge in [0, 0.05) is 66.9 Å². The van der Waals surface area contributed by atoms with Gasteiger partial charge in [0.2, 0.25) is 0 Å². The first-order valence-electron chi connectivity index (χ1n) is 12.3. The highest BCUT2D eigenvalue weighted by molar-refractivity contribution is 6.14. The number of phenolic OH excluding ortho intramolecular Hbond substituents is 1. The largest absolute Gasteiger partial charge is 0.508 e. The van der Waals surface area contributed by atoms with E-state index in [2.05, 4.69) is 33.1 Å². The van der Waals surface area contributed by atoms with Crippen molar-refractivity contribution >= 4 is 40.4 Å². The average molecular weight is 517 g/mol. The van der Waals surface area contributed by atoms with Gasteiger partial charge >= 0.3 is 0 Å². The van der Waals surface area contributed by atoms with E-state index >= 15 is 0 Å². The monoisotopic (exact) mass is 516 g/mol. The molecule has 1 amide bonds. The van der Waals surface area contributed by atoms with Crippen molar-refractivity contribution in [1.29, 1.82) is 0 Å². The lowest BCUT2D eigenvalue weighted by Gasteiger charge is -2.26. The highest BCUT2D eigenvalue weighted by Gasteiger charge is 2.20. The number of morpholine rings is 1. The lowest BCUT2D eigenvalue weighted by Crippen LogP contribution is -2.38. The molecule has 4 heterocycles. The molecule has 5 aromatic rings. The second-order valence-corrected chi connectivity index (χ2v) is 9.15. The molecule has 37 heavy (non-hydrogen) atoms. The van der Waals surface area contributed by atoms with E-state index in [4.69, 9.17) is 4.74 Å². The number of nitrogens with one attached hydrogen (secondary N) is 1. The van der Waals surface area contributed by atoms with Crippen molar-refractivity contribution < 1.29 is 14.6 Å². The van der Waals surface area contributed by atoms with Crippen LogP contribution in [0.1, 0.15) is 10.4 Å². The maximum Gasteiger partial charge on any atom is 0.258 e. The van der Waals surface area contributed by atoms with Gasteiger partial charge in [0.05, 0.1) is 24.3 Å². The second-order valence-electron chi connectivity index (χ2n) is 9.15. The minimum Gasteiger partial charge on any atom is -0.508 e. The summed E-state index contributed by atoms with van der Waals surface area (Å²) in [6, 6.07) is 20.9. The fraction of sp³-hybridized carbons (Fsp3) is 0.207. The zero-order valence-corrected chi connectivity index (χ0v) is 21.2. The highest BCUT2D eigenvalue weighted by atomic mass is 35.5. The van der Waals surface area contributed by atoms with Gasteiger partial charge < -0.3 is 24.1 Å². The van der Waals surface area contributed by atoms with E-state index in [1.807, 2.05) is 59.3 Å². The first-order valence-corrected chi connectivity index (χ1v) is 12.3. The minimum absolute atomic E-state index is 0. The molecule has 2 aromatic carbocycles. The van der Waals surface area contributed by atoms with Crippen molar-refractivity contribution in [1.82, 2.24) is 13.9 Å². The lowest BCUT2D eigenvalue weighted by molar-refractivity contribution is 0.0365. The summed E-state index contributed by atoms with van der Waals surface area (Å²) in [5.74, 6) is 0.0246. The summed E-state index contributed by atoms with van der Waals surface area (Å²) in [5, 5.41) is 13.9. The topological polar surface area (TPSA) is 71.1 Å². The number of ether oxygens (including phenoxy) is 1. The molecule has 0 radical (unpaired) electrons. The summed E-state index contributed by atoms with van der Waals surface area (Å²) in [6.45, 7) is 5.49. The van der Waals surface area contributed by atoms with E-state index in [1.54, 1.807) is 12.1 Å². The Kier molecular flexibility index (Phi) is 7.19. The van der Waals surface area contributed by atoms with Crippen molar-refractivity contribution in [3.8, 4) is 16.9 Å². The van der Waals surface area contributed by atoms with Crippen LogP contribution in [0.3, 0.4) is 0 Å². The number of amides is 1. The molecule has 0 aliphatic carbocycles. The predicted molar refractivity (Wildman–Crippen MR) is 149 cm³/mol. The first kappa shape index (κ1) is 24.9. The van der Waals surface area contributed by atoms with Crippen LogP contribution in [-0.2, 0) is 11.3 Å². The molecule has 0 atom stereocenters. The maximum atomic E-state index is 13.6. The minimum atomic E-state index is -0.169. The Morgan fingerprint density at radius 3 is 2.54 bits per heavy atom. The molecule has 0 unspecified atom stereocenters. The van der Waals surface area contributed by atoms with Crippen LogP contribution in [0.2, 0.25) is 0 Å². The Labute approximate surface area is 221 Å². The number of fused-ring (bicyclic) bond motifs is 2. The average Bonchev–Trinajstić information content (AvgIpc) is 3.50. The molecule has 2 N–H and O–H groups in total. The van der Waals surface area contributed by atoms with Crippen LogP contribution in [0.15, 0.2) is 85.3 Å². The van der Waals surface area contributed by atoms with Gasteiger partial charge in [0.15, 0.2) is 0 Å². The zero-order chi connectivity index (χ0) is 24.5. The second kappa shape index (κ2) is 10.7. The van der Waals surface area contributed by atoms with E-state index in [0.29, 0.717) is 5.56 Å². The number of anilines is 1. The summed E-state index contributed by atoms with van der Waals surface area (Å²) in [5.41, 5.74) is 5.02. The smallest absolute Gasteiger partial charge is 0.258 e. The van der Waals surface area contributed by atoms with Crippen LogP contribution >= 0.6 is 12.4 Å². The van der Waals surface area contributed by atoms with E-state index in [9.17, 15) is 9.90 Å². The van der Waals surface area contributed by atoms with Gasteiger partial charge in [-0.1, -0.05) is 18.2 Å². The van der Waals surface area contributed by atoms with Crippen molar-refractivity contribution in [2.45, 2.75) is 6.54 Å². The predicted octanol–water partition coefficient (Wildman–Crippen LogP) is 5.27. The Morgan fingerprint density at radius 2 is 1.73 bits per heavy atom. The van der Waals surface area contributed by atoms with E-state index in [1.165, 1.54) is 0 Å². The number of hydrogen-bond donors (Lipinski definition) is 2. The molecule has 0 spiro atoms. The summed E-state index contributed by atoms with van der Waals surface area (Å²) < 4.78 is 9.66. The summed E-state index contributed by atoms with van der Waals surface area (Å²) in [6.07, 6.45) is 6.00. The number of benzene rings is 2. The number of phenols is 1. The first-order chi connectivity index (χ1) is 17.7. The van der Waals surface area contributed by atoms with Crippen molar-refractivity contribution in [2.24, 2.45) is 0 Å². The number of carbonyl (C=O) groups excluding carboxylic acids is 1. The third-order valence-corrected chi connectivity index (χ3v) is 6.88. The number of hydrogen-bond acceptors (Lipinski definition) is 4. The molecule has 1 aliphatic heterocycles. The molecule has 3 aromatic heterocycles. The molecule has 1 fully saturated rings. The lowest BCUT2D eigenvalue weighted by atomic mass is 10.0. The zero-order valence-electron chi connectivity index (χ0n) is 20.3. The molecule has 8 heteroatoms. The highest BCUT2D eigenvalue weighted by Crippen LogP contribution is 2.31. The number of halogens is 1. The number of carbonyl (C=O) groups is 1. The van der Waals surface area contributed by atoms with Crippen molar-refractivity contribution in [3.63, 3.8) is 0 Å². The van der Waals surface area contributed by atoms with Gasteiger partial charge in [-0.25, -0.2) is 0 Å². The van der Waals surface area contributed by atoms with Crippen LogP contribution in [0.4, 0.5) is 5.69 Å². The van der Waals surface area contributed by atoms with E-state index in [0.717, 1.165) is 72.6 Å². The molecular formula is C29H29ClN4O3. The summed E-state index contributed by atoms with van der Waals surface area (Å²) >= 11 is 0. The van der Waals surface area contributed by atoms with Gasteiger partial charge in [0.25, 0.3) is 5.91 Å². The van der Waals surface area contributed by atoms with Crippen molar-refractivity contribution in [3.05, 3.63) is 90.9 Å². The molecule has 1 aliphatic rings. The number of aromatic nitrogens is 2.